The molecule has 0 atom stereocenters. The van der Waals surface area contributed by atoms with E-state index in [2.05, 4.69) is 0 Å². The fourth-order valence-electron chi connectivity index (χ4n) is 5.51. The number of nitro groups is 2. The van der Waals surface area contributed by atoms with Crippen molar-refractivity contribution in [2.45, 2.75) is 73.7 Å². The lowest BCUT2D eigenvalue weighted by atomic mass is 9.81. The van der Waals surface area contributed by atoms with Crippen molar-refractivity contribution in [3.8, 4) is 0 Å². The monoisotopic (exact) mass is 440 g/mol. The zero-order chi connectivity index (χ0) is 21.9. The van der Waals surface area contributed by atoms with Crippen LogP contribution in [0.5, 0.6) is 0 Å². The van der Waals surface area contributed by atoms with Gasteiger partial charge in [0.1, 0.15) is 0 Å². The number of benzene rings is 2. The Hall–Kier alpha value is -2.41. The second kappa shape index (κ2) is 8.99. The first kappa shape index (κ1) is 21.8. The molecule has 2 aliphatic carbocycles. The Kier molecular flexibility index (Phi) is 6.32. The average molecular weight is 441 g/mol. The summed E-state index contributed by atoms with van der Waals surface area (Å²) in [4.78, 5) is 23.3. The third-order valence-corrected chi connectivity index (χ3v) is 8.93. The molecule has 2 fully saturated rings. The SMILES string of the molecule is O=[N+]([O-])c1ccccc1C1(SC2(c3ccccc3[N+](=O)[O-])CCCCC2)CCCCC1. The number of thioether (sulfide) groups is 1. The van der Waals surface area contributed by atoms with E-state index < -0.39 is 9.49 Å². The average Bonchev–Trinajstić information content (AvgIpc) is 2.80. The van der Waals surface area contributed by atoms with Crippen molar-refractivity contribution < 1.29 is 9.85 Å². The van der Waals surface area contributed by atoms with Crippen molar-refractivity contribution in [1.29, 1.82) is 0 Å². The van der Waals surface area contributed by atoms with Crippen LogP contribution in [-0.4, -0.2) is 9.85 Å². The van der Waals surface area contributed by atoms with E-state index in [0.29, 0.717) is 0 Å². The molecule has 0 bridgehead atoms. The molecule has 164 valence electrons. The molecule has 31 heavy (non-hydrogen) atoms. The van der Waals surface area contributed by atoms with Crippen molar-refractivity contribution in [3.05, 3.63) is 79.9 Å². The van der Waals surface area contributed by atoms with Crippen molar-refractivity contribution in [2.24, 2.45) is 0 Å². The topological polar surface area (TPSA) is 86.3 Å². The Morgan fingerprint density at radius 1 is 0.613 bits per heavy atom. The predicted octanol–water partition coefficient (Wildman–Crippen LogP) is 7.26. The molecule has 6 nitrogen and oxygen atoms in total. The molecule has 0 amide bonds. The van der Waals surface area contributed by atoms with Gasteiger partial charge < -0.3 is 0 Å². The minimum atomic E-state index is -0.400. The fourth-order valence-corrected chi connectivity index (χ4v) is 7.81. The molecule has 2 aromatic rings. The standard InChI is InChI=1S/C24H28N2O4S/c27-25(28)21-13-5-3-11-19(21)23(15-7-1-8-16-23)31-24(17-9-2-10-18-24)20-12-4-6-14-22(20)26(29)30/h3-6,11-14H,1-2,7-10,15-18H2. The summed E-state index contributed by atoms with van der Waals surface area (Å²) in [7, 11) is 0. The number of rotatable bonds is 6. The number of nitro benzene ring substituents is 2. The molecule has 2 aromatic carbocycles. The zero-order valence-electron chi connectivity index (χ0n) is 17.6. The van der Waals surface area contributed by atoms with Gasteiger partial charge in [-0.2, -0.15) is 0 Å². The molecule has 0 radical (unpaired) electrons. The predicted molar refractivity (Wildman–Crippen MR) is 123 cm³/mol. The van der Waals surface area contributed by atoms with Crippen LogP contribution < -0.4 is 0 Å². The number of hydrogen-bond acceptors (Lipinski definition) is 5. The Labute approximate surface area is 186 Å². The molecule has 0 aliphatic heterocycles. The van der Waals surface area contributed by atoms with Gasteiger partial charge in [-0.15, -0.1) is 11.8 Å². The third kappa shape index (κ3) is 4.20. The molecular formula is C24H28N2O4S. The maximum Gasteiger partial charge on any atom is 0.273 e. The van der Waals surface area contributed by atoms with Gasteiger partial charge in [0.2, 0.25) is 0 Å². The first-order valence-electron chi connectivity index (χ1n) is 11.2. The Morgan fingerprint density at radius 3 is 1.32 bits per heavy atom. The largest absolute Gasteiger partial charge is 0.273 e. The van der Waals surface area contributed by atoms with Gasteiger partial charge >= 0.3 is 0 Å². The van der Waals surface area contributed by atoms with Gasteiger partial charge in [-0.3, -0.25) is 20.2 Å². The summed E-state index contributed by atoms with van der Waals surface area (Å²) in [5, 5.41) is 23.8. The first-order chi connectivity index (χ1) is 15.0. The van der Waals surface area contributed by atoms with Crippen LogP contribution in [0, 0.1) is 20.2 Å². The first-order valence-corrected chi connectivity index (χ1v) is 12.0. The second-order valence-electron chi connectivity index (χ2n) is 8.76. The van der Waals surface area contributed by atoms with E-state index in [1.54, 1.807) is 36.0 Å². The van der Waals surface area contributed by atoms with E-state index in [1.807, 2.05) is 24.3 Å². The summed E-state index contributed by atoms with van der Waals surface area (Å²) in [6.45, 7) is 0. The van der Waals surface area contributed by atoms with Crippen molar-refractivity contribution >= 4 is 23.1 Å². The zero-order valence-corrected chi connectivity index (χ0v) is 18.4. The smallest absolute Gasteiger partial charge is 0.258 e. The van der Waals surface area contributed by atoms with Gasteiger partial charge in [-0.25, -0.2) is 0 Å². The van der Waals surface area contributed by atoms with E-state index in [0.717, 1.165) is 75.3 Å². The highest BCUT2D eigenvalue weighted by Crippen LogP contribution is 2.62. The molecule has 2 saturated carbocycles. The summed E-state index contributed by atoms with van der Waals surface area (Å²) < 4.78 is -0.800. The Morgan fingerprint density at radius 2 is 0.968 bits per heavy atom. The lowest BCUT2D eigenvalue weighted by Crippen LogP contribution is -2.36. The molecule has 2 aliphatic rings. The molecule has 0 aromatic heterocycles. The van der Waals surface area contributed by atoms with Gasteiger partial charge in [-0.1, -0.05) is 74.9 Å². The lowest BCUT2D eigenvalue weighted by molar-refractivity contribution is -0.385. The number of nitrogens with zero attached hydrogens (tertiary/aromatic N) is 2. The maximum absolute atomic E-state index is 11.9. The molecule has 0 heterocycles. The summed E-state index contributed by atoms with van der Waals surface area (Å²) in [5.74, 6) is 0. The van der Waals surface area contributed by atoms with E-state index in [-0.39, 0.29) is 21.2 Å². The Bertz CT molecular complexity index is 888. The van der Waals surface area contributed by atoms with Crippen molar-refractivity contribution in [3.63, 3.8) is 0 Å². The summed E-state index contributed by atoms with van der Waals surface area (Å²) in [6, 6.07) is 14.2. The number of hydrogen-bond donors (Lipinski definition) is 0. The molecule has 4 rings (SSSR count). The van der Waals surface area contributed by atoms with Crippen LogP contribution in [0.4, 0.5) is 11.4 Å². The molecule has 0 saturated heterocycles. The van der Waals surface area contributed by atoms with E-state index >= 15 is 0 Å². The molecule has 7 heteroatoms. The fraction of sp³-hybridized carbons (Fsp3) is 0.500. The van der Waals surface area contributed by atoms with Gasteiger partial charge in [-0.05, 0) is 25.7 Å². The maximum atomic E-state index is 11.9. The van der Waals surface area contributed by atoms with Crippen LogP contribution in [0.1, 0.15) is 75.3 Å². The minimum absolute atomic E-state index is 0.172. The van der Waals surface area contributed by atoms with Crippen molar-refractivity contribution in [1.82, 2.24) is 0 Å². The van der Waals surface area contributed by atoms with E-state index in [1.165, 1.54) is 0 Å². The van der Waals surface area contributed by atoms with E-state index in [9.17, 15) is 20.2 Å². The Balaban J connectivity index is 1.86. The van der Waals surface area contributed by atoms with Crippen LogP contribution >= 0.6 is 11.8 Å². The van der Waals surface area contributed by atoms with E-state index in [4.69, 9.17) is 0 Å². The van der Waals surface area contributed by atoms with Crippen LogP contribution in [0.15, 0.2) is 48.5 Å². The van der Waals surface area contributed by atoms with Gasteiger partial charge in [0, 0.05) is 32.8 Å². The second-order valence-corrected chi connectivity index (χ2v) is 10.5. The lowest BCUT2D eigenvalue weighted by Gasteiger charge is -2.47. The highest BCUT2D eigenvalue weighted by Gasteiger charge is 2.49. The summed E-state index contributed by atoms with van der Waals surface area (Å²) in [6.07, 6.45) is 9.80. The molecule has 0 N–H and O–H groups in total. The van der Waals surface area contributed by atoms with Gasteiger partial charge in [0.15, 0.2) is 0 Å². The van der Waals surface area contributed by atoms with Crippen LogP contribution in [-0.2, 0) is 9.49 Å². The summed E-state index contributed by atoms with van der Waals surface area (Å²) >= 11 is 1.80. The van der Waals surface area contributed by atoms with Crippen LogP contribution in [0.2, 0.25) is 0 Å². The number of para-hydroxylation sites is 2. The quantitative estimate of drug-likeness (QED) is 0.348. The van der Waals surface area contributed by atoms with Crippen LogP contribution in [0.25, 0.3) is 0 Å². The third-order valence-electron chi connectivity index (χ3n) is 6.90. The highest BCUT2D eigenvalue weighted by atomic mass is 32.2. The highest BCUT2D eigenvalue weighted by molar-refractivity contribution is 8.01. The minimum Gasteiger partial charge on any atom is -0.258 e. The molecule has 0 unspecified atom stereocenters. The summed E-state index contributed by atoms with van der Waals surface area (Å²) in [5.41, 5.74) is 1.91. The van der Waals surface area contributed by atoms with Gasteiger partial charge in [0.25, 0.3) is 11.4 Å². The van der Waals surface area contributed by atoms with Crippen LogP contribution in [0.3, 0.4) is 0 Å². The van der Waals surface area contributed by atoms with Crippen molar-refractivity contribution in [2.75, 3.05) is 0 Å². The normalized spacial score (nSPS) is 20.1. The molecule has 0 spiro atoms. The molecular weight excluding hydrogens is 412 g/mol. The van der Waals surface area contributed by atoms with Gasteiger partial charge in [0.05, 0.1) is 9.85 Å².